The molecule has 1 saturated heterocycles. The molecule has 0 bridgehead atoms. The standard InChI is InChI=1S/C12H14BrN3O/c13-10-1-2-12(9(5-10)6-14)16-7-11-8-17-4-3-15-11/h1-2,5,11,15-16H,3-4,7-8H2. The molecular formula is C12H14BrN3O. The molecule has 17 heavy (non-hydrogen) atoms. The van der Waals surface area contributed by atoms with Crippen LogP contribution in [0.1, 0.15) is 5.56 Å². The highest BCUT2D eigenvalue weighted by Crippen LogP contribution is 2.20. The van der Waals surface area contributed by atoms with Crippen LogP contribution >= 0.6 is 15.9 Å². The van der Waals surface area contributed by atoms with E-state index in [2.05, 4.69) is 32.6 Å². The van der Waals surface area contributed by atoms with Crippen LogP contribution in [0.4, 0.5) is 5.69 Å². The lowest BCUT2D eigenvalue weighted by atomic mass is 10.2. The minimum Gasteiger partial charge on any atom is -0.382 e. The molecule has 0 saturated carbocycles. The molecule has 0 amide bonds. The molecule has 0 spiro atoms. The van der Waals surface area contributed by atoms with Crippen LogP contribution in [0.15, 0.2) is 22.7 Å². The maximum absolute atomic E-state index is 9.03. The quantitative estimate of drug-likeness (QED) is 0.892. The predicted octanol–water partition coefficient (Wildman–Crippen LogP) is 1.72. The smallest absolute Gasteiger partial charge is 0.101 e. The van der Waals surface area contributed by atoms with Gasteiger partial charge < -0.3 is 15.4 Å². The summed E-state index contributed by atoms with van der Waals surface area (Å²) in [5, 5.41) is 15.7. The Morgan fingerprint density at radius 2 is 2.47 bits per heavy atom. The number of rotatable bonds is 3. The summed E-state index contributed by atoms with van der Waals surface area (Å²) in [5.41, 5.74) is 1.51. The fraction of sp³-hybridized carbons (Fsp3) is 0.417. The maximum atomic E-state index is 9.03. The van der Waals surface area contributed by atoms with Gasteiger partial charge in [-0.2, -0.15) is 5.26 Å². The number of nitriles is 1. The van der Waals surface area contributed by atoms with Gasteiger partial charge in [-0.1, -0.05) is 15.9 Å². The number of hydrogen-bond donors (Lipinski definition) is 2. The van der Waals surface area contributed by atoms with Gasteiger partial charge in [0.15, 0.2) is 0 Å². The van der Waals surface area contributed by atoms with Gasteiger partial charge in [-0.25, -0.2) is 0 Å². The van der Waals surface area contributed by atoms with Gasteiger partial charge in [0.25, 0.3) is 0 Å². The molecule has 1 aromatic carbocycles. The van der Waals surface area contributed by atoms with Gasteiger partial charge in [0.1, 0.15) is 6.07 Å². The second kappa shape index (κ2) is 6.01. The minimum atomic E-state index is 0.305. The van der Waals surface area contributed by atoms with Crippen LogP contribution in [-0.4, -0.2) is 32.3 Å². The molecule has 1 heterocycles. The monoisotopic (exact) mass is 295 g/mol. The summed E-state index contributed by atoms with van der Waals surface area (Å²) in [6.45, 7) is 3.14. The van der Waals surface area contributed by atoms with E-state index in [1.807, 2.05) is 18.2 Å². The summed E-state index contributed by atoms with van der Waals surface area (Å²) in [6, 6.07) is 8.13. The van der Waals surface area contributed by atoms with Crippen molar-refractivity contribution in [3.63, 3.8) is 0 Å². The molecule has 1 fully saturated rings. The van der Waals surface area contributed by atoms with E-state index in [9.17, 15) is 0 Å². The summed E-state index contributed by atoms with van der Waals surface area (Å²) in [4.78, 5) is 0. The lowest BCUT2D eigenvalue weighted by molar-refractivity contribution is 0.0806. The van der Waals surface area contributed by atoms with E-state index in [4.69, 9.17) is 10.00 Å². The molecule has 2 rings (SSSR count). The Labute approximate surface area is 109 Å². The molecule has 0 aromatic heterocycles. The second-order valence-corrected chi connectivity index (χ2v) is 4.82. The van der Waals surface area contributed by atoms with E-state index >= 15 is 0 Å². The number of benzene rings is 1. The zero-order chi connectivity index (χ0) is 12.1. The van der Waals surface area contributed by atoms with Crippen molar-refractivity contribution in [1.29, 1.82) is 5.26 Å². The van der Waals surface area contributed by atoms with Crippen molar-refractivity contribution in [2.24, 2.45) is 0 Å². The van der Waals surface area contributed by atoms with E-state index in [0.29, 0.717) is 18.2 Å². The Hall–Kier alpha value is -1.09. The molecular weight excluding hydrogens is 282 g/mol. The highest BCUT2D eigenvalue weighted by atomic mass is 79.9. The normalized spacial score (nSPS) is 19.6. The number of hydrogen-bond acceptors (Lipinski definition) is 4. The lowest BCUT2D eigenvalue weighted by Crippen LogP contribution is -2.45. The van der Waals surface area contributed by atoms with Gasteiger partial charge in [0.2, 0.25) is 0 Å². The average Bonchev–Trinajstić information content (AvgIpc) is 2.38. The van der Waals surface area contributed by atoms with E-state index in [1.54, 1.807) is 0 Å². The van der Waals surface area contributed by atoms with Crippen molar-refractivity contribution in [2.75, 3.05) is 31.6 Å². The van der Waals surface area contributed by atoms with Crippen molar-refractivity contribution in [3.05, 3.63) is 28.2 Å². The van der Waals surface area contributed by atoms with E-state index in [0.717, 1.165) is 29.9 Å². The number of halogens is 1. The van der Waals surface area contributed by atoms with E-state index in [-0.39, 0.29) is 0 Å². The summed E-state index contributed by atoms with van der Waals surface area (Å²) in [7, 11) is 0. The van der Waals surface area contributed by atoms with Gasteiger partial charge in [-0.15, -0.1) is 0 Å². The molecule has 0 aliphatic carbocycles. The minimum absolute atomic E-state index is 0.305. The Kier molecular flexibility index (Phi) is 4.37. The Morgan fingerprint density at radius 3 is 3.18 bits per heavy atom. The van der Waals surface area contributed by atoms with Gasteiger partial charge >= 0.3 is 0 Å². The fourth-order valence-electron chi connectivity index (χ4n) is 1.75. The summed E-state index contributed by atoms with van der Waals surface area (Å²) >= 11 is 3.35. The highest BCUT2D eigenvalue weighted by Gasteiger charge is 2.13. The maximum Gasteiger partial charge on any atom is 0.101 e. The third-order valence-corrected chi connectivity index (χ3v) is 3.13. The number of nitrogens with zero attached hydrogens (tertiary/aromatic N) is 1. The third kappa shape index (κ3) is 3.43. The van der Waals surface area contributed by atoms with Crippen LogP contribution in [0.25, 0.3) is 0 Å². The van der Waals surface area contributed by atoms with Crippen LogP contribution in [0.3, 0.4) is 0 Å². The first-order valence-electron chi connectivity index (χ1n) is 5.54. The van der Waals surface area contributed by atoms with Crippen molar-refractivity contribution >= 4 is 21.6 Å². The van der Waals surface area contributed by atoms with Gasteiger partial charge in [-0.3, -0.25) is 0 Å². The molecule has 90 valence electrons. The fourth-order valence-corrected chi connectivity index (χ4v) is 2.11. The Bertz CT molecular complexity index is 424. The molecule has 1 unspecified atom stereocenters. The van der Waals surface area contributed by atoms with Crippen LogP contribution in [0.5, 0.6) is 0 Å². The van der Waals surface area contributed by atoms with Crippen LogP contribution in [0.2, 0.25) is 0 Å². The number of anilines is 1. The van der Waals surface area contributed by atoms with Gasteiger partial charge in [0, 0.05) is 23.6 Å². The zero-order valence-electron chi connectivity index (χ0n) is 9.37. The largest absolute Gasteiger partial charge is 0.382 e. The first-order chi connectivity index (χ1) is 8.29. The molecule has 2 N–H and O–H groups in total. The zero-order valence-corrected chi connectivity index (χ0v) is 11.0. The first kappa shape index (κ1) is 12.4. The van der Waals surface area contributed by atoms with Gasteiger partial charge in [0.05, 0.1) is 24.5 Å². The Balaban J connectivity index is 1.96. The van der Waals surface area contributed by atoms with Crippen molar-refractivity contribution in [2.45, 2.75) is 6.04 Å². The van der Waals surface area contributed by atoms with E-state index < -0.39 is 0 Å². The molecule has 0 radical (unpaired) electrons. The van der Waals surface area contributed by atoms with Crippen molar-refractivity contribution in [1.82, 2.24) is 5.32 Å². The lowest BCUT2D eigenvalue weighted by Gasteiger charge is -2.24. The molecule has 4 nitrogen and oxygen atoms in total. The molecule has 1 aromatic rings. The van der Waals surface area contributed by atoms with Crippen LogP contribution in [-0.2, 0) is 4.74 Å². The van der Waals surface area contributed by atoms with Crippen molar-refractivity contribution < 1.29 is 4.74 Å². The molecule has 1 atom stereocenters. The Morgan fingerprint density at radius 1 is 1.59 bits per heavy atom. The van der Waals surface area contributed by atoms with Crippen molar-refractivity contribution in [3.8, 4) is 6.07 Å². The average molecular weight is 296 g/mol. The summed E-state index contributed by atoms with van der Waals surface area (Å²) < 4.78 is 6.29. The SMILES string of the molecule is N#Cc1cc(Br)ccc1NCC1COCCN1. The molecule has 5 heteroatoms. The van der Waals surface area contributed by atoms with E-state index in [1.165, 1.54) is 0 Å². The molecule has 1 aliphatic rings. The highest BCUT2D eigenvalue weighted by molar-refractivity contribution is 9.10. The van der Waals surface area contributed by atoms with Crippen LogP contribution in [0, 0.1) is 11.3 Å². The number of nitrogens with one attached hydrogen (secondary N) is 2. The number of morpholine rings is 1. The number of ether oxygens (including phenoxy) is 1. The summed E-state index contributed by atoms with van der Waals surface area (Å²) in [5.74, 6) is 0. The van der Waals surface area contributed by atoms with Gasteiger partial charge in [-0.05, 0) is 18.2 Å². The molecule has 1 aliphatic heterocycles. The predicted molar refractivity (Wildman–Crippen MR) is 70.0 cm³/mol. The van der Waals surface area contributed by atoms with Crippen LogP contribution < -0.4 is 10.6 Å². The topological polar surface area (TPSA) is 57.1 Å². The third-order valence-electron chi connectivity index (χ3n) is 2.64. The second-order valence-electron chi connectivity index (χ2n) is 3.91. The first-order valence-corrected chi connectivity index (χ1v) is 6.33. The summed E-state index contributed by atoms with van der Waals surface area (Å²) in [6.07, 6.45) is 0.